The lowest BCUT2D eigenvalue weighted by Gasteiger charge is -2.22. The molecule has 0 aromatic rings. The van der Waals surface area contributed by atoms with Crippen LogP contribution in [0.2, 0.25) is 0 Å². The van der Waals surface area contributed by atoms with Crippen LogP contribution < -0.4 is 66.7 Å². The summed E-state index contributed by atoms with van der Waals surface area (Å²) in [5, 5.41) is 13.6. The molecule has 0 saturated heterocycles. The van der Waals surface area contributed by atoms with Crippen LogP contribution in [0.5, 0.6) is 0 Å². The van der Waals surface area contributed by atoms with Gasteiger partial charge in [0.15, 0.2) is 11.9 Å². The van der Waals surface area contributed by atoms with Crippen LogP contribution in [0.1, 0.15) is 44.9 Å². The molecule has 0 heterocycles. The SMILES string of the molecule is NCC(N)CCCCNC(=O)NCC(CCCN=C(N)N)NC(=O)NCC(CCCN=C(N)N)NC(N)=O. The first-order valence-corrected chi connectivity index (χ1v) is 12.7. The second-order valence-electron chi connectivity index (χ2n) is 8.78. The summed E-state index contributed by atoms with van der Waals surface area (Å²) < 4.78 is 0. The molecule has 0 spiro atoms. The van der Waals surface area contributed by atoms with Crippen molar-refractivity contribution in [1.29, 1.82) is 0 Å². The van der Waals surface area contributed by atoms with Crippen LogP contribution in [0.15, 0.2) is 9.98 Å². The number of unbranched alkanes of at least 4 members (excludes halogenated alkanes) is 1. The van der Waals surface area contributed by atoms with Gasteiger partial charge in [0.1, 0.15) is 0 Å². The highest BCUT2D eigenvalue weighted by Gasteiger charge is 2.16. The van der Waals surface area contributed by atoms with Crippen molar-refractivity contribution in [1.82, 2.24) is 26.6 Å². The highest BCUT2D eigenvalue weighted by Crippen LogP contribution is 2.00. The van der Waals surface area contributed by atoms with Crippen molar-refractivity contribution in [2.75, 3.05) is 39.3 Å². The fourth-order valence-corrected chi connectivity index (χ4v) is 3.33. The number of nitrogens with one attached hydrogen (secondary N) is 5. The summed E-state index contributed by atoms with van der Waals surface area (Å²) in [6.07, 6.45) is 4.56. The van der Waals surface area contributed by atoms with Crippen LogP contribution in [0.25, 0.3) is 0 Å². The molecule has 19 N–H and O–H groups in total. The fourth-order valence-electron chi connectivity index (χ4n) is 3.33. The lowest BCUT2D eigenvalue weighted by molar-refractivity contribution is 0.228. The van der Waals surface area contributed by atoms with Crippen molar-refractivity contribution in [3.8, 4) is 0 Å². The number of nitrogens with zero attached hydrogens (tertiary/aromatic N) is 2. The maximum absolute atomic E-state index is 12.5. The zero-order chi connectivity index (χ0) is 28.8. The Balaban J connectivity index is 4.69. The quantitative estimate of drug-likeness (QED) is 0.0411. The molecule has 0 fully saturated rings. The maximum Gasteiger partial charge on any atom is 0.315 e. The van der Waals surface area contributed by atoms with E-state index in [-0.39, 0.29) is 37.1 Å². The third kappa shape index (κ3) is 21.5. The normalized spacial score (nSPS) is 12.8. The second kappa shape index (κ2) is 21.4. The van der Waals surface area contributed by atoms with E-state index in [1.54, 1.807) is 0 Å². The van der Waals surface area contributed by atoms with Crippen molar-refractivity contribution in [3.63, 3.8) is 0 Å². The average molecular weight is 545 g/mol. The zero-order valence-electron chi connectivity index (χ0n) is 22.1. The first-order valence-electron chi connectivity index (χ1n) is 12.7. The number of hydrogen-bond acceptors (Lipinski definition) is 7. The van der Waals surface area contributed by atoms with Gasteiger partial charge in [-0.05, 0) is 38.5 Å². The third-order valence-electron chi connectivity index (χ3n) is 5.30. The molecule has 0 aliphatic heterocycles. The predicted molar refractivity (Wildman–Crippen MR) is 149 cm³/mol. The molecule has 0 saturated carbocycles. The van der Waals surface area contributed by atoms with E-state index in [1.165, 1.54) is 0 Å². The Labute approximate surface area is 223 Å². The van der Waals surface area contributed by atoms with Gasteiger partial charge < -0.3 is 66.7 Å². The molecule has 0 rings (SSSR count). The molecule has 17 heteroatoms. The molecule has 220 valence electrons. The highest BCUT2D eigenvalue weighted by molar-refractivity contribution is 5.76. The van der Waals surface area contributed by atoms with Gasteiger partial charge in [-0.25, -0.2) is 14.4 Å². The van der Waals surface area contributed by atoms with Crippen LogP contribution in [0, 0.1) is 0 Å². The minimum Gasteiger partial charge on any atom is -0.370 e. The largest absolute Gasteiger partial charge is 0.370 e. The predicted octanol–water partition coefficient (Wildman–Crippen LogP) is -3.45. The molecule has 38 heavy (non-hydrogen) atoms. The van der Waals surface area contributed by atoms with E-state index in [1.807, 2.05) is 0 Å². The Morgan fingerprint density at radius 1 is 0.658 bits per heavy atom. The van der Waals surface area contributed by atoms with Crippen molar-refractivity contribution in [3.05, 3.63) is 0 Å². The first kappa shape index (κ1) is 34.3. The topological polar surface area (TPSA) is 318 Å². The van der Waals surface area contributed by atoms with E-state index < -0.39 is 24.1 Å². The lowest BCUT2D eigenvalue weighted by Crippen LogP contribution is -2.52. The minimum absolute atomic E-state index is 0.0231. The lowest BCUT2D eigenvalue weighted by atomic mass is 10.1. The average Bonchev–Trinajstić information content (AvgIpc) is 2.84. The molecule has 0 aromatic heterocycles. The van der Waals surface area contributed by atoms with Crippen molar-refractivity contribution >= 4 is 30.0 Å². The summed E-state index contributed by atoms with van der Waals surface area (Å²) in [7, 11) is 0. The van der Waals surface area contributed by atoms with Gasteiger partial charge in [0.25, 0.3) is 0 Å². The summed E-state index contributed by atoms with van der Waals surface area (Å²) in [6, 6.07) is -2.40. The van der Waals surface area contributed by atoms with E-state index in [4.69, 9.17) is 40.1 Å². The van der Waals surface area contributed by atoms with Gasteiger partial charge in [0.2, 0.25) is 0 Å². The van der Waals surface area contributed by atoms with Gasteiger partial charge in [0, 0.05) is 57.4 Å². The molecular weight excluding hydrogens is 496 g/mol. The molecule has 0 aliphatic carbocycles. The van der Waals surface area contributed by atoms with Crippen LogP contribution >= 0.6 is 0 Å². The molecule has 3 unspecified atom stereocenters. The standard InChI is InChI=1S/C21H48N14O3/c22-11-14(23)5-1-2-8-31-20(37)32-13-16(7-4-10-30-18(26)27)35-21(38)33-12-15(34-19(28)36)6-3-9-29-17(24)25/h14-16H,1-13,22-23H2,(H4,24,25,29)(H4,26,27,30)(H3,28,34,36)(H2,31,32,37)(H2,33,35,38). The second-order valence-corrected chi connectivity index (χ2v) is 8.78. The van der Waals surface area contributed by atoms with E-state index in [9.17, 15) is 14.4 Å². The smallest absolute Gasteiger partial charge is 0.315 e. The van der Waals surface area contributed by atoms with Crippen LogP contribution in [-0.4, -0.2) is 87.4 Å². The van der Waals surface area contributed by atoms with Gasteiger partial charge in [-0.1, -0.05) is 6.42 Å². The molecule has 0 aromatic carbocycles. The number of carbonyl (C=O) groups is 3. The Morgan fingerprint density at radius 2 is 1.18 bits per heavy atom. The number of guanidine groups is 2. The summed E-state index contributed by atoms with van der Waals surface area (Å²) >= 11 is 0. The number of primary amides is 1. The van der Waals surface area contributed by atoms with Gasteiger partial charge in [-0.2, -0.15) is 0 Å². The summed E-state index contributed by atoms with van der Waals surface area (Å²) in [6.45, 7) is 1.97. The Kier molecular flexibility index (Phi) is 19.3. The number of hydrogen-bond donors (Lipinski definition) is 12. The molecule has 0 aliphatic rings. The van der Waals surface area contributed by atoms with Crippen molar-refractivity contribution in [2.24, 2.45) is 50.1 Å². The van der Waals surface area contributed by atoms with Gasteiger partial charge in [0.05, 0.1) is 0 Å². The molecule has 0 radical (unpaired) electrons. The summed E-state index contributed by atoms with van der Waals surface area (Å²) in [4.78, 5) is 43.8. The third-order valence-corrected chi connectivity index (χ3v) is 5.30. The fraction of sp³-hybridized carbons (Fsp3) is 0.762. The van der Waals surface area contributed by atoms with E-state index in [2.05, 4.69) is 36.6 Å². The van der Waals surface area contributed by atoms with Gasteiger partial charge in [-0.3, -0.25) is 9.98 Å². The highest BCUT2D eigenvalue weighted by atomic mass is 16.2. The first-order chi connectivity index (χ1) is 18.0. The number of nitrogens with two attached hydrogens (primary N) is 7. The molecule has 17 nitrogen and oxygen atoms in total. The number of urea groups is 3. The Morgan fingerprint density at radius 3 is 1.68 bits per heavy atom. The van der Waals surface area contributed by atoms with E-state index in [0.717, 1.165) is 19.3 Å². The Hall–Kier alpha value is -3.73. The van der Waals surface area contributed by atoms with Gasteiger partial charge >= 0.3 is 18.1 Å². The van der Waals surface area contributed by atoms with E-state index in [0.29, 0.717) is 51.9 Å². The Bertz CT molecular complexity index is 741. The number of amides is 6. The summed E-state index contributed by atoms with van der Waals surface area (Å²) in [5.74, 6) is -0.0488. The zero-order valence-corrected chi connectivity index (χ0v) is 22.1. The van der Waals surface area contributed by atoms with E-state index >= 15 is 0 Å². The minimum atomic E-state index is -0.714. The molecule has 0 bridgehead atoms. The van der Waals surface area contributed by atoms with Crippen LogP contribution in [-0.2, 0) is 0 Å². The van der Waals surface area contributed by atoms with Crippen LogP contribution in [0.3, 0.4) is 0 Å². The number of carbonyl (C=O) groups excluding carboxylic acids is 3. The molecule has 3 atom stereocenters. The molecular formula is C21H48N14O3. The number of rotatable bonds is 20. The number of aliphatic imine (C=N–C) groups is 2. The van der Waals surface area contributed by atoms with Gasteiger partial charge in [-0.15, -0.1) is 0 Å². The maximum atomic E-state index is 12.5. The summed E-state index contributed by atoms with van der Waals surface area (Å²) in [5.41, 5.74) is 37.8. The van der Waals surface area contributed by atoms with Crippen LogP contribution in [0.4, 0.5) is 14.4 Å². The monoisotopic (exact) mass is 544 g/mol. The van der Waals surface area contributed by atoms with Crippen molar-refractivity contribution < 1.29 is 14.4 Å². The van der Waals surface area contributed by atoms with Crippen molar-refractivity contribution in [2.45, 2.75) is 63.1 Å². The molecule has 6 amide bonds.